The Morgan fingerprint density at radius 1 is 0.977 bits per heavy atom. The molecule has 0 bridgehead atoms. The summed E-state index contributed by atoms with van der Waals surface area (Å²) >= 11 is 0. The summed E-state index contributed by atoms with van der Waals surface area (Å²) in [6, 6.07) is 9.85. The second kappa shape index (κ2) is 12.9. The van der Waals surface area contributed by atoms with Crippen LogP contribution in [0.5, 0.6) is 0 Å². The van der Waals surface area contributed by atoms with E-state index in [0.717, 1.165) is 58.5 Å². The minimum Gasteiger partial charge on any atom is -0.379 e. The summed E-state index contributed by atoms with van der Waals surface area (Å²) in [6.07, 6.45) is 3.85. The maximum absolute atomic E-state index is 16.1. The van der Waals surface area contributed by atoms with Gasteiger partial charge in [-0.05, 0) is 56.7 Å². The van der Waals surface area contributed by atoms with Gasteiger partial charge in [-0.3, -0.25) is 14.5 Å². The van der Waals surface area contributed by atoms with Gasteiger partial charge in [0.05, 0.1) is 62.3 Å². The molecule has 1 N–H and O–H groups in total. The Labute approximate surface area is 253 Å². The van der Waals surface area contributed by atoms with Crippen molar-refractivity contribution in [3.63, 3.8) is 0 Å². The highest BCUT2D eigenvalue weighted by atomic mass is 19.1. The molecule has 3 saturated heterocycles. The normalized spacial score (nSPS) is 36.5. The molecule has 7 rings (SSSR count). The van der Waals surface area contributed by atoms with E-state index in [-0.39, 0.29) is 41.9 Å². The fraction of sp³-hybridized carbons (Fsp3) is 0.697. The average Bonchev–Trinajstić information content (AvgIpc) is 3.06. The molecule has 4 heterocycles. The van der Waals surface area contributed by atoms with Crippen LogP contribution in [0.1, 0.15) is 43.6 Å². The lowest BCUT2D eigenvalue weighted by Crippen LogP contribution is -2.73. The number of alkyl halides is 1. The van der Waals surface area contributed by atoms with Crippen molar-refractivity contribution >= 4 is 11.7 Å². The van der Waals surface area contributed by atoms with Crippen LogP contribution in [0.15, 0.2) is 42.1 Å². The minimum absolute atomic E-state index is 0.0291. The molecule has 8 unspecified atom stereocenters. The number of ether oxygens (including phenoxy) is 3. The highest BCUT2D eigenvalue weighted by Crippen LogP contribution is 2.48. The number of carbonyl (C=O) groups is 2. The molecular weight excluding hydrogens is 551 g/mol. The largest absolute Gasteiger partial charge is 0.379 e. The van der Waals surface area contributed by atoms with Crippen molar-refractivity contribution in [1.82, 2.24) is 20.0 Å². The molecule has 2 aliphatic carbocycles. The molecule has 43 heavy (non-hydrogen) atoms. The second-order valence-electron chi connectivity index (χ2n) is 13.0. The predicted octanol–water partition coefficient (Wildman–Crippen LogP) is 2.12. The van der Waals surface area contributed by atoms with Crippen LogP contribution in [0, 0.1) is 5.92 Å². The number of benzene rings is 1. The number of hydrogen-bond acceptors (Lipinski definition) is 8. The van der Waals surface area contributed by atoms with Gasteiger partial charge in [-0.2, -0.15) is 0 Å². The van der Waals surface area contributed by atoms with E-state index in [2.05, 4.69) is 39.4 Å². The SMILES string of the molecule is O=C1C(C(=O)N2CCOCC2)=CN2C3CC(c4ccccc4)CCC3OC3C(NCCCN4CCOCC4)C(F)CC1C32. The number of halogens is 1. The number of nitrogens with one attached hydrogen (secondary N) is 1. The van der Waals surface area contributed by atoms with Gasteiger partial charge in [0.2, 0.25) is 0 Å². The summed E-state index contributed by atoms with van der Waals surface area (Å²) in [7, 11) is 0. The smallest absolute Gasteiger partial charge is 0.259 e. The number of ketones is 1. The molecule has 2 saturated carbocycles. The van der Waals surface area contributed by atoms with E-state index >= 15 is 4.39 Å². The zero-order chi connectivity index (χ0) is 29.3. The summed E-state index contributed by atoms with van der Waals surface area (Å²) in [6.45, 7) is 6.91. The standard InChI is InChI=1S/C33H45FN4O5/c34-26-20-24-30-32(29(26)35-9-4-10-36-11-15-41-16-12-36)43-28-8-7-23(22-5-2-1-3-6-22)19-27(28)38(30)21-25(31(24)39)33(40)37-13-17-42-18-14-37/h1-3,5-6,21,23-24,26-30,32,35H,4,7-20H2. The number of fused-ring (bicyclic) bond motifs is 2. The van der Waals surface area contributed by atoms with Crippen molar-refractivity contribution in [2.45, 2.75) is 74.5 Å². The summed E-state index contributed by atoms with van der Waals surface area (Å²) in [5.74, 6) is -0.708. The van der Waals surface area contributed by atoms with Gasteiger partial charge in [-0.1, -0.05) is 30.3 Å². The van der Waals surface area contributed by atoms with Gasteiger partial charge in [0.25, 0.3) is 5.91 Å². The number of rotatable bonds is 7. The second-order valence-corrected chi connectivity index (χ2v) is 13.0. The molecule has 9 nitrogen and oxygen atoms in total. The molecular formula is C33H45FN4O5. The maximum atomic E-state index is 16.1. The molecule has 0 aromatic heterocycles. The van der Waals surface area contributed by atoms with Crippen LogP contribution in [0.25, 0.3) is 0 Å². The van der Waals surface area contributed by atoms with Crippen LogP contribution in [-0.2, 0) is 23.8 Å². The molecule has 1 aromatic carbocycles. The Hall–Kier alpha value is -2.37. The summed E-state index contributed by atoms with van der Waals surface area (Å²) in [4.78, 5) is 34.1. The van der Waals surface area contributed by atoms with Crippen LogP contribution in [-0.4, -0.2) is 129 Å². The van der Waals surface area contributed by atoms with Gasteiger partial charge in [0.15, 0.2) is 5.78 Å². The fourth-order valence-corrected chi connectivity index (χ4v) is 8.35. The van der Waals surface area contributed by atoms with Crippen molar-refractivity contribution in [2.24, 2.45) is 5.92 Å². The van der Waals surface area contributed by atoms with E-state index in [1.54, 1.807) is 4.90 Å². The van der Waals surface area contributed by atoms with Gasteiger partial charge in [-0.15, -0.1) is 0 Å². The Morgan fingerprint density at radius 3 is 2.49 bits per heavy atom. The maximum Gasteiger partial charge on any atom is 0.259 e. The lowest BCUT2D eigenvalue weighted by Gasteiger charge is -2.59. The minimum atomic E-state index is -1.23. The van der Waals surface area contributed by atoms with Crippen molar-refractivity contribution in [1.29, 1.82) is 0 Å². The van der Waals surface area contributed by atoms with E-state index < -0.39 is 24.2 Å². The summed E-state index contributed by atoms with van der Waals surface area (Å²) in [5.41, 5.74) is 1.52. The van der Waals surface area contributed by atoms with E-state index in [0.29, 0.717) is 38.8 Å². The van der Waals surface area contributed by atoms with E-state index in [1.807, 2.05) is 12.3 Å². The number of nitrogens with zero attached hydrogens (tertiary/aromatic N) is 3. The molecule has 0 spiro atoms. The van der Waals surface area contributed by atoms with Crippen molar-refractivity contribution in [3.8, 4) is 0 Å². The number of Topliss-reactive ketones (excluding diaryl/α,β-unsaturated/α-hetero) is 1. The zero-order valence-corrected chi connectivity index (χ0v) is 25.0. The Kier molecular flexibility index (Phi) is 8.82. The third-order valence-corrected chi connectivity index (χ3v) is 10.6. The summed E-state index contributed by atoms with van der Waals surface area (Å²) < 4.78 is 33.8. The first kappa shape index (κ1) is 29.3. The first-order valence-electron chi connectivity index (χ1n) is 16.4. The molecule has 5 fully saturated rings. The molecule has 234 valence electrons. The first-order chi connectivity index (χ1) is 21.1. The van der Waals surface area contributed by atoms with Crippen molar-refractivity contribution in [3.05, 3.63) is 47.7 Å². The number of hydrogen-bond donors (Lipinski definition) is 1. The molecule has 8 atom stereocenters. The van der Waals surface area contributed by atoms with Gasteiger partial charge in [-0.25, -0.2) is 4.39 Å². The fourth-order valence-electron chi connectivity index (χ4n) is 8.35. The Bertz CT molecular complexity index is 1170. The van der Waals surface area contributed by atoms with Crippen LogP contribution in [0.2, 0.25) is 0 Å². The number of amides is 1. The van der Waals surface area contributed by atoms with E-state index in [4.69, 9.17) is 14.2 Å². The third-order valence-electron chi connectivity index (χ3n) is 10.6. The van der Waals surface area contributed by atoms with Gasteiger partial charge in [0.1, 0.15) is 6.17 Å². The first-order valence-corrected chi connectivity index (χ1v) is 16.4. The topological polar surface area (TPSA) is 83.6 Å². The lowest BCUT2D eigenvalue weighted by atomic mass is 9.68. The van der Waals surface area contributed by atoms with E-state index in [1.165, 1.54) is 5.56 Å². The van der Waals surface area contributed by atoms with E-state index in [9.17, 15) is 9.59 Å². The molecule has 1 aromatic rings. The van der Waals surface area contributed by atoms with Crippen LogP contribution in [0.3, 0.4) is 0 Å². The molecule has 0 radical (unpaired) electrons. The number of carbonyl (C=O) groups excluding carboxylic acids is 2. The van der Waals surface area contributed by atoms with Crippen molar-refractivity contribution < 1.29 is 28.2 Å². The average molecular weight is 597 g/mol. The van der Waals surface area contributed by atoms with Crippen LogP contribution >= 0.6 is 0 Å². The predicted molar refractivity (Wildman–Crippen MR) is 158 cm³/mol. The molecule has 1 amide bonds. The van der Waals surface area contributed by atoms with Gasteiger partial charge in [0, 0.05) is 38.3 Å². The molecule has 10 heteroatoms. The molecule has 4 aliphatic heterocycles. The van der Waals surface area contributed by atoms with Crippen LogP contribution in [0.4, 0.5) is 4.39 Å². The summed E-state index contributed by atoms with van der Waals surface area (Å²) in [5, 5.41) is 3.52. The Morgan fingerprint density at radius 2 is 1.72 bits per heavy atom. The highest BCUT2D eigenvalue weighted by Gasteiger charge is 2.59. The van der Waals surface area contributed by atoms with Crippen LogP contribution < -0.4 is 5.32 Å². The van der Waals surface area contributed by atoms with Gasteiger partial charge < -0.3 is 29.3 Å². The Balaban J connectivity index is 1.14. The monoisotopic (exact) mass is 596 g/mol. The lowest BCUT2D eigenvalue weighted by molar-refractivity contribution is -0.199. The van der Waals surface area contributed by atoms with Crippen molar-refractivity contribution in [2.75, 3.05) is 65.7 Å². The molecule has 6 aliphatic rings. The third kappa shape index (κ3) is 5.89. The number of morpholine rings is 3. The zero-order valence-electron chi connectivity index (χ0n) is 25.0. The quantitative estimate of drug-likeness (QED) is 0.379. The highest BCUT2D eigenvalue weighted by molar-refractivity contribution is 6.20. The van der Waals surface area contributed by atoms with Gasteiger partial charge >= 0.3 is 0 Å².